The highest BCUT2D eigenvalue weighted by molar-refractivity contribution is 7.07. The number of hydrogen-bond donors (Lipinski definition) is 3. The van der Waals surface area contributed by atoms with Crippen molar-refractivity contribution in [3.63, 3.8) is 0 Å². The van der Waals surface area contributed by atoms with Crippen molar-refractivity contribution in [2.45, 2.75) is 6.54 Å². The van der Waals surface area contributed by atoms with Crippen LogP contribution >= 0.6 is 11.3 Å². The van der Waals surface area contributed by atoms with Gasteiger partial charge < -0.3 is 20.3 Å². The number of aromatic amines is 1. The smallest absolute Gasteiger partial charge is 0.323 e. The topological polar surface area (TPSA) is 102 Å². The maximum atomic E-state index is 11.3. The molecule has 0 aliphatic heterocycles. The quantitative estimate of drug-likeness (QED) is 0.675. The van der Waals surface area contributed by atoms with E-state index in [1.807, 2.05) is 0 Å². The Morgan fingerprint density at radius 2 is 2.31 bits per heavy atom. The highest BCUT2D eigenvalue weighted by atomic mass is 32.1. The summed E-state index contributed by atoms with van der Waals surface area (Å²) in [6, 6.07) is -0.505. The lowest BCUT2D eigenvalue weighted by molar-refractivity contribution is -0.137. The summed E-state index contributed by atoms with van der Waals surface area (Å²) in [7, 11) is 1.37. The molecule has 16 heavy (non-hydrogen) atoms. The Morgan fingerprint density at radius 3 is 2.81 bits per heavy atom. The largest absolute Gasteiger partial charge is 0.480 e. The highest BCUT2D eigenvalue weighted by Crippen LogP contribution is 1.95. The summed E-state index contributed by atoms with van der Waals surface area (Å²) >= 11 is 1.00. The Hall–Kier alpha value is -1.83. The Bertz CT molecular complexity index is 438. The van der Waals surface area contributed by atoms with Crippen molar-refractivity contribution in [2.75, 3.05) is 13.6 Å². The van der Waals surface area contributed by atoms with Gasteiger partial charge >= 0.3 is 16.9 Å². The zero-order valence-electron chi connectivity index (χ0n) is 8.52. The predicted molar refractivity (Wildman–Crippen MR) is 57.4 cm³/mol. The fourth-order valence-corrected chi connectivity index (χ4v) is 1.56. The SMILES string of the molecule is CN(CC(=O)O)C(=O)NCc1csc(=O)[nH]1. The Kier molecular flexibility index (Phi) is 4.06. The van der Waals surface area contributed by atoms with E-state index in [0.29, 0.717) is 5.69 Å². The minimum atomic E-state index is -1.08. The molecule has 0 aromatic carbocycles. The average molecular weight is 245 g/mol. The van der Waals surface area contributed by atoms with E-state index in [1.54, 1.807) is 5.38 Å². The van der Waals surface area contributed by atoms with Crippen LogP contribution in [0.1, 0.15) is 5.69 Å². The van der Waals surface area contributed by atoms with Gasteiger partial charge in [-0.3, -0.25) is 9.59 Å². The number of hydrogen-bond acceptors (Lipinski definition) is 4. The van der Waals surface area contributed by atoms with Crippen molar-refractivity contribution in [3.8, 4) is 0 Å². The van der Waals surface area contributed by atoms with Crippen LogP contribution in [-0.4, -0.2) is 40.6 Å². The third-order valence-corrected chi connectivity index (χ3v) is 2.44. The number of H-pyrrole nitrogens is 1. The van der Waals surface area contributed by atoms with E-state index in [2.05, 4.69) is 10.3 Å². The Labute approximate surface area is 94.7 Å². The second-order valence-electron chi connectivity index (χ2n) is 3.08. The first kappa shape index (κ1) is 12.2. The van der Waals surface area contributed by atoms with E-state index in [-0.39, 0.29) is 18.0 Å². The molecule has 88 valence electrons. The van der Waals surface area contributed by atoms with E-state index in [9.17, 15) is 14.4 Å². The third-order valence-electron chi connectivity index (χ3n) is 1.72. The molecule has 7 nitrogen and oxygen atoms in total. The summed E-state index contributed by atoms with van der Waals surface area (Å²) in [6.07, 6.45) is 0. The summed E-state index contributed by atoms with van der Waals surface area (Å²) in [5, 5.41) is 12.5. The number of likely N-dealkylation sites (N-methyl/N-ethyl adjacent to an activating group) is 1. The van der Waals surface area contributed by atoms with E-state index >= 15 is 0 Å². The molecule has 0 unspecified atom stereocenters. The molecule has 0 radical (unpaired) electrons. The first-order chi connectivity index (χ1) is 7.49. The van der Waals surface area contributed by atoms with E-state index in [4.69, 9.17) is 5.11 Å². The fourth-order valence-electron chi connectivity index (χ4n) is 0.981. The monoisotopic (exact) mass is 245 g/mol. The maximum absolute atomic E-state index is 11.3. The number of rotatable bonds is 4. The maximum Gasteiger partial charge on any atom is 0.323 e. The number of nitrogens with zero attached hydrogens (tertiary/aromatic N) is 1. The molecule has 0 aliphatic rings. The summed E-state index contributed by atoms with van der Waals surface area (Å²) in [5.74, 6) is -1.08. The van der Waals surface area contributed by atoms with Gasteiger partial charge in [0.1, 0.15) is 6.54 Å². The lowest BCUT2D eigenvalue weighted by Crippen LogP contribution is -2.39. The van der Waals surface area contributed by atoms with Crippen LogP contribution in [0.4, 0.5) is 4.79 Å². The number of aromatic nitrogens is 1. The number of nitrogens with one attached hydrogen (secondary N) is 2. The number of aliphatic carboxylic acids is 1. The molecule has 0 bridgehead atoms. The van der Waals surface area contributed by atoms with Crippen LogP contribution in [-0.2, 0) is 11.3 Å². The minimum Gasteiger partial charge on any atom is -0.480 e. The number of carboxylic acid groups (broad SMARTS) is 1. The first-order valence-corrected chi connectivity index (χ1v) is 5.24. The summed E-state index contributed by atoms with van der Waals surface area (Å²) in [5.41, 5.74) is 0.590. The molecular weight excluding hydrogens is 234 g/mol. The van der Waals surface area contributed by atoms with Crippen molar-refractivity contribution in [1.82, 2.24) is 15.2 Å². The van der Waals surface area contributed by atoms with Crippen LogP contribution in [0, 0.1) is 0 Å². The highest BCUT2D eigenvalue weighted by Gasteiger charge is 2.11. The number of thiazole rings is 1. The number of carbonyl (C=O) groups excluding carboxylic acids is 1. The molecule has 0 saturated heterocycles. The molecule has 8 heteroatoms. The molecule has 1 aromatic heterocycles. The molecule has 0 atom stereocenters. The van der Waals surface area contributed by atoms with Gasteiger partial charge in [0.15, 0.2) is 0 Å². The normalized spacial score (nSPS) is 9.81. The number of carboxylic acids is 1. The summed E-state index contributed by atoms with van der Waals surface area (Å²) in [6.45, 7) is -0.201. The standard InChI is InChI=1S/C8H11N3O4S/c1-11(3-6(12)13)7(14)9-2-5-4-16-8(15)10-5/h4H,2-3H2,1H3,(H,9,14)(H,10,15)(H,12,13). The first-order valence-electron chi connectivity index (χ1n) is 4.36. The Morgan fingerprint density at radius 1 is 1.62 bits per heavy atom. The van der Waals surface area contributed by atoms with Gasteiger partial charge in [0.25, 0.3) is 0 Å². The molecule has 1 rings (SSSR count). The van der Waals surface area contributed by atoms with Gasteiger partial charge in [-0.25, -0.2) is 4.79 Å². The van der Waals surface area contributed by atoms with Crippen molar-refractivity contribution in [2.24, 2.45) is 0 Å². The molecule has 0 fully saturated rings. The van der Waals surface area contributed by atoms with Crippen LogP contribution in [0.2, 0.25) is 0 Å². The molecular formula is C8H11N3O4S. The molecule has 0 aliphatic carbocycles. The zero-order chi connectivity index (χ0) is 12.1. The van der Waals surface area contributed by atoms with Gasteiger partial charge in [0.2, 0.25) is 0 Å². The molecule has 3 N–H and O–H groups in total. The van der Waals surface area contributed by atoms with Gasteiger partial charge in [-0.05, 0) is 0 Å². The second kappa shape index (κ2) is 5.31. The van der Waals surface area contributed by atoms with Crippen LogP contribution < -0.4 is 10.2 Å². The van der Waals surface area contributed by atoms with Crippen molar-refractivity contribution in [3.05, 3.63) is 20.7 Å². The van der Waals surface area contributed by atoms with Crippen LogP contribution in [0.15, 0.2) is 10.2 Å². The zero-order valence-corrected chi connectivity index (χ0v) is 9.34. The lowest BCUT2D eigenvalue weighted by atomic mass is 10.5. The summed E-state index contributed by atoms with van der Waals surface area (Å²) in [4.78, 5) is 35.8. The van der Waals surface area contributed by atoms with Gasteiger partial charge in [-0.2, -0.15) is 0 Å². The lowest BCUT2D eigenvalue weighted by Gasteiger charge is -2.14. The van der Waals surface area contributed by atoms with Crippen molar-refractivity contribution >= 4 is 23.3 Å². The van der Waals surface area contributed by atoms with Crippen LogP contribution in [0.3, 0.4) is 0 Å². The van der Waals surface area contributed by atoms with Gasteiger partial charge in [-0.1, -0.05) is 11.3 Å². The van der Waals surface area contributed by atoms with E-state index < -0.39 is 12.0 Å². The predicted octanol–water partition coefficient (Wildman–Crippen LogP) is -0.338. The van der Waals surface area contributed by atoms with Crippen molar-refractivity contribution in [1.29, 1.82) is 0 Å². The van der Waals surface area contributed by atoms with Crippen molar-refractivity contribution < 1.29 is 14.7 Å². The molecule has 1 aromatic rings. The van der Waals surface area contributed by atoms with Gasteiger partial charge in [0, 0.05) is 18.1 Å². The molecule has 1 heterocycles. The van der Waals surface area contributed by atoms with Crippen LogP contribution in [0.5, 0.6) is 0 Å². The molecule has 0 saturated carbocycles. The van der Waals surface area contributed by atoms with E-state index in [0.717, 1.165) is 16.2 Å². The Balaban J connectivity index is 2.40. The summed E-state index contributed by atoms with van der Waals surface area (Å²) < 4.78 is 0. The van der Waals surface area contributed by atoms with Crippen LogP contribution in [0.25, 0.3) is 0 Å². The number of amides is 2. The average Bonchev–Trinajstić information content (AvgIpc) is 2.59. The number of urea groups is 1. The number of carbonyl (C=O) groups is 2. The second-order valence-corrected chi connectivity index (χ2v) is 3.92. The molecule has 0 spiro atoms. The fraction of sp³-hybridized carbons (Fsp3) is 0.375. The van der Waals surface area contributed by atoms with E-state index in [1.165, 1.54) is 7.05 Å². The minimum absolute atomic E-state index is 0.168. The van der Waals surface area contributed by atoms with Gasteiger partial charge in [0.05, 0.1) is 6.54 Å². The molecule has 2 amide bonds. The van der Waals surface area contributed by atoms with Gasteiger partial charge in [-0.15, -0.1) is 0 Å². The third kappa shape index (κ3) is 3.73.